The molecule has 5 nitrogen and oxygen atoms in total. The molecule has 0 spiro atoms. The normalized spacial score (nSPS) is 11.2. The fourth-order valence-electron chi connectivity index (χ4n) is 2.90. The van der Waals surface area contributed by atoms with Gasteiger partial charge in [-0.15, -0.1) is 0 Å². The van der Waals surface area contributed by atoms with Crippen molar-refractivity contribution in [2.75, 3.05) is 0 Å². The number of imidazole rings is 1. The third-order valence-corrected chi connectivity index (χ3v) is 4.11. The Hall–Kier alpha value is -3.73. The summed E-state index contributed by atoms with van der Waals surface area (Å²) in [5, 5.41) is 11.1. The Labute approximate surface area is 150 Å². The van der Waals surface area contributed by atoms with Gasteiger partial charge in [0, 0.05) is 17.8 Å². The maximum absolute atomic E-state index is 11.1. The van der Waals surface area contributed by atoms with Gasteiger partial charge in [0.05, 0.1) is 16.0 Å². The highest BCUT2D eigenvalue weighted by Gasteiger charge is 2.14. The molecule has 4 rings (SSSR count). The number of rotatable bonds is 4. The van der Waals surface area contributed by atoms with Crippen LogP contribution in [0.25, 0.3) is 28.9 Å². The Balaban J connectivity index is 1.90. The van der Waals surface area contributed by atoms with Crippen LogP contribution in [0, 0.1) is 10.1 Å². The topological polar surface area (TPSA) is 61.0 Å². The lowest BCUT2D eigenvalue weighted by molar-refractivity contribution is -0.384. The summed E-state index contributed by atoms with van der Waals surface area (Å²) in [4.78, 5) is 15.3. The number of non-ortho nitro benzene ring substituents is 1. The summed E-state index contributed by atoms with van der Waals surface area (Å²) in [7, 11) is 0. The molecule has 0 atom stereocenters. The zero-order valence-electron chi connectivity index (χ0n) is 13.8. The molecule has 1 heterocycles. The molecular weight excluding hydrogens is 326 g/mol. The quantitative estimate of drug-likeness (QED) is 0.383. The summed E-state index contributed by atoms with van der Waals surface area (Å²) in [6.07, 6.45) is 3.91. The van der Waals surface area contributed by atoms with Crippen LogP contribution in [-0.2, 0) is 0 Å². The fraction of sp³-hybridized carbons (Fsp3) is 0. The number of para-hydroxylation sites is 1. The summed E-state index contributed by atoms with van der Waals surface area (Å²) in [5.74, 6) is 0.718. The number of nitrogens with zero attached hydrogens (tertiary/aromatic N) is 3. The van der Waals surface area contributed by atoms with Crippen molar-refractivity contribution in [3.63, 3.8) is 0 Å². The predicted molar refractivity (Wildman–Crippen MR) is 103 cm³/mol. The van der Waals surface area contributed by atoms with E-state index in [0.29, 0.717) is 5.52 Å². The molecule has 0 saturated heterocycles. The van der Waals surface area contributed by atoms with Crippen molar-refractivity contribution in [1.82, 2.24) is 9.55 Å². The third kappa shape index (κ3) is 2.98. The largest absolute Gasteiger partial charge is 0.293 e. The molecule has 5 heteroatoms. The molecule has 4 aromatic rings. The van der Waals surface area contributed by atoms with E-state index in [1.807, 2.05) is 77.4 Å². The van der Waals surface area contributed by atoms with Crippen molar-refractivity contribution >= 4 is 28.9 Å². The Morgan fingerprint density at radius 2 is 1.58 bits per heavy atom. The van der Waals surface area contributed by atoms with E-state index in [0.717, 1.165) is 22.6 Å². The molecule has 0 radical (unpaired) electrons. The molecule has 0 bridgehead atoms. The van der Waals surface area contributed by atoms with E-state index < -0.39 is 4.92 Å². The van der Waals surface area contributed by atoms with Gasteiger partial charge in [-0.3, -0.25) is 14.7 Å². The number of hydrogen-bond donors (Lipinski definition) is 0. The van der Waals surface area contributed by atoms with E-state index >= 15 is 0 Å². The summed E-state index contributed by atoms with van der Waals surface area (Å²) in [6, 6.07) is 24.5. The second-order valence-corrected chi connectivity index (χ2v) is 5.82. The lowest BCUT2D eigenvalue weighted by atomic mass is 10.2. The van der Waals surface area contributed by atoms with Crippen LogP contribution in [0.5, 0.6) is 0 Å². The fourth-order valence-corrected chi connectivity index (χ4v) is 2.90. The van der Waals surface area contributed by atoms with Gasteiger partial charge in [0.15, 0.2) is 0 Å². The first-order valence-electron chi connectivity index (χ1n) is 8.18. The minimum absolute atomic E-state index is 0.0359. The number of nitro groups is 1. The van der Waals surface area contributed by atoms with E-state index in [4.69, 9.17) is 0 Å². The minimum Gasteiger partial charge on any atom is -0.293 e. The van der Waals surface area contributed by atoms with Crippen LogP contribution < -0.4 is 0 Å². The highest BCUT2D eigenvalue weighted by molar-refractivity contribution is 5.84. The van der Waals surface area contributed by atoms with Gasteiger partial charge in [-0.25, -0.2) is 4.98 Å². The highest BCUT2D eigenvalue weighted by atomic mass is 16.6. The molecule has 0 N–H and O–H groups in total. The minimum atomic E-state index is -0.402. The molecule has 0 amide bonds. The molecule has 0 aliphatic heterocycles. The van der Waals surface area contributed by atoms with Gasteiger partial charge in [0.25, 0.3) is 5.69 Å². The molecule has 0 fully saturated rings. The zero-order chi connectivity index (χ0) is 17.9. The molecule has 0 saturated carbocycles. The summed E-state index contributed by atoms with van der Waals surface area (Å²) in [5.41, 5.74) is 3.47. The van der Waals surface area contributed by atoms with E-state index in [2.05, 4.69) is 4.98 Å². The molecule has 26 heavy (non-hydrogen) atoms. The number of hydrogen-bond acceptors (Lipinski definition) is 3. The number of aromatic nitrogens is 2. The van der Waals surface area contributed by atoms with Gasteiger partial charge in [-0.05, 0) is 29.8 Å². The summed E-state index contributed by atoms with van der Waals surface area (Å²) < 4.78 is 2.00. The van der Waals surface area contributed by atoms with Crippen molar-refractivity contribution in [3.05, 3.63) is 100 Å². The zero-order valence-corrected chi connectivity index (χ0v) is 13.8. The van der Waals surface area contributed by atoms with Crippen LogP contribution in [0.4, 0.5) is 5.69 Å². The predicted octanol–water partition coefficient (Wildman–Crippen LogP) is 5.10. The van der Waals surface area contributed by atoms with Crippen LogP contribution in [-0.4, -0.2) is 14.5 Å². The van der Waals surface area contributed by atoms with Crippen molar-refractivity contribution in [3.8, 4) is 5.69 Å². The molecule has 1 aromatic heterocycles. The lowest BCUT2D eigenvalue weighted by Crippen LogP contribution is -1.96. The lowest BCUT2D eigenvalue weighted by Gasteiger charge is -2.06. The first-order valence-corrected chi connectivity index (χ1v) is 8.18. The number of fused-ring (bicyclic) bond motifs is 1. The first-order chi connectivity index (χ1) is 12.7. The monoisotopic (exact) mass is 341 g/mol. The van der Waals surface area contributed by atoms with E-state index in [1.54, 1.807) is 6.07 Å². The Morgan fingerprint density at radius 1 is 0.885 bits per heavy atom. The number of nitro benzene ring substituents is 1. The second-order valence-electron chi connectivity index (χ2n) is 5.82. The van der Waals surface area contributed by atoms with Crippen LogP contribution in [0.15, 0.2) is 78.9 Å². The maximum Gasteiger partial charge on any atom is 0.271 e. The van der Waals surface area contributed by atoms with Crippen molar-refractivity contribution in [2.24, 2.45) is 0 Å². The Morgan fingerprint density at radius 3 is 2.27 bits per heavy atom. The average molecular weight is 341 g/mol. The standard InChI is InChI=1S/C21H15N3O2/c25-24(26)18-12-13-20-19(15-18)22-21(14-11-16-7-3-1-4-8-16)23(20)17-9-5-2-6-10-17/h1-15H/b14-11+. The smallest absolute Gasteiger partial charge is 0.271 e. The Bertz CT molecular complexity index is 1100. The van der Waals surface area contributed by atoms with Crippen LogP contribution in [0.2, 0.25) is 0 Å². The highest BCUT2D eigenvalue weighted by Crippen LogP contribution is 2.26. The van der Waals surface area contributed by atoms with Crippen molar-refractivity contribution in [1.29, 1.82) is 0 Å². The van der Waals surface area contributed by atoms with E-state index in [-0.39, 0.29) is 5.69 Å². The van der Waals surface area contributed by atoms with Crippen LogP contribution in [0.3, 0.4) is 0 Å². The van der Waals surface area contributed by atoms with E-state index in [1.165, 1.54) is 12.1 Å². The maximum atomic E-state index is 11.1. The molecule has 3 aromatic carbocycles. The Kier molecular flexibility index (Phi) is 4.03. The molecule has 0 aliphatic rings. The molecular formula is C21H15N3O2. The first kappa shape index (κ1) is 15.8. The van der Waals surface area contributed by atoms with Crippen molar-refractivity contribution in [2.45, 2.75) is 0 Å². The van der Waals surface area contributed by atoms with Gasteiger partial charge in [-0.2, -0.15) is 0 Å². The van der Waals surface area contributed by atoms with E-state index in [9.17, 15) is 10.1 Å². The van der Waals surface area contributed by atoms with Crippen LogP contribution in [0.1, 0.15) is 11.4 Å². The molecule has 0 aliphatic carbocycles. The van der Waals surface area contributed by atoms with Crippen LogP contribution >= 0.6 is 0 Å². The van der Waals surface area contributed by atoms with Gasteiger partial charge in [0.1, 0.15) is 5.82 Å². The number of benzene rings is 3. The van der Waals surface area contributed by atoms with Crippen molar-refractivity contribution < 1.29 is 4.92 Å². The second kappa shape index (κ2) is 6.64. The van der Waals surface area contributed by atoms with Gasteiger partial charge in [-0.1, -0.05) is 54.6 Å². The van der Waals surface area contributed by atoms with Gasteiger partial charge >= 0.3 is 0 Å². The third-order valence-electron chi connectivity index (χ3n) is 4.11. The SMILES string of the molecule is O=[N+]([O-])c1ccc2c(c1)nc(/C=C/c1ccccc1)n2-c1ccccc1. The summed E-state index contributed by atoms with van der Waals surface area (Å²) in [6.45, 7) is 0. The summed E-state index contributed by atoms with van der Waals surface area (Å²) >= 11 is 0. The average Bonchev–Trinajstić information content (AvgIpc) is 3.05. The molecule has 126 valence electrons. The van der Waals surface area contributed by atoms with Gasteiger partial charge < -0.3 is 0 Å². The molecule has 0 unspecified atom stereocenters. The van der Waals surface area contributed by atoms with Gasteiger partial charge in [0.2, 0.25) is 0 Å².